The summed E-state index contributed by atoms with van der Waals surface area (Å²) < 4.78 is 32.0. The summed E-state index contributed by atoms with van der Waals surface area (Å²) >= 11 is 0. The number of hydrogen-bond acceptors (Lipinski definition) is 15. The molecule has 5 rings (SSSR count). The predicted molar refractivity (Wildman–Crippen MR) is 181 cm³/mol. The molecule has 0 aliphatic heterocycles. The molecular formula is C37H45NO15. The van der Waals surface area contributed by atoms with Crippen LogP contribution in [0, 0.1) is 38.7 Å². The minimum atomic E-state index is -1.79. The third-order valence-electron chi connectivity index (χ3n) is 11.5. The summed E-state index contributed by atoms with van der Waals surface area (Å²) in [4.78, 5) is 79.1. The molecule has 3 fully saturated rings. The van der Waals surface area contributed by atoms with Crippen molar-refractivity contribution in [3.63, 3.8) is 0 Å². The minimum Gasteiger partial charge on any atom is -0.493 e. The van der Waals surface area contributed by atoms with E-state index in [1.165, 1.54) is 25.3 Å². The Balaban J connectivity index is 1.27. The number of allylic oxidation sites excluding steroid dienone is 4. The number of Topliss-reactive ketones (excluding diaryl/α,β-unsaturated/α-hetero) is 1. The first kappa shape index (κ1) is 39.2. The molecule has 0 spiro atoms. The van der Waals surface area contributed by atoms with E-state index in [1.54, 1.807) is 19.1 Å². The molecule has 0 radical (unpaired) electrons. The Bertz CT molecular complexity index is 1690. The molecule has 0 amide bonds. The van der Waals surface area contributed by atoms with Gasteiger partial charge in [-0.15, -0.1) is 10.1 Å². The normalized spacial score (nSPS) is 29.7. The second-order valence-electron chi connectivity index (χ2n) is 14.2. The Kier molecular flexibility index (Phi) is 11.8. The van der Waals surface area contributed by atoms with Crippen molar-refractivity contribution >= 4 is 29.8 Å². The number of aliphatic hydroxyl groups excluding tert-OH is 1. The fourth-order valence-electron chi connectivity index (χ4n) is 9.12. The molecule has 288 valence electrons. The van der Waals surface area contributed by atoms with Crippen molar-refractivity contribution in [2.75, 3.05) is 33.5 Å². The van der Waals surface area contributed by atoms with E-state index < -0.39 is 58.3 Å². The number of nitrogens with zero attached hydrogens (tertiary/aromatic N) is 1. The third kappa shape index (κ3) is 7.73. The number of rotatable bonds is 14. The highest BCUT2D eigenvalue weighted by molar-refractivity contribution is 6.01. The van der Waals surface area contributed by atoms with Gasteiger partial charge in [0.25, 0.3) is 5.09 Å². The highest BCUT2D eigenvalue weighted by Crippen LogP contribution is 2.68. The zero-order valence-electron chi connectivity index (χ0n) is 30.2. The molecule has 3 saturated carbocycles. The van der Waals surface area contributed by atoms with Crippen LogP contribution in [-0.4, -0.2) is 85.3 Å². The third-order valence-corrected chi connectivity index (χ3v) is 11.5. The Morgan fingerprint density at radius 2 is 1.77 bits per heavy atom. The average molecular weight is 744 g/mol. The Hall–Kier alpha value is -4.99. The molecule has 0 unspecified atom stereocenters. The molecule has 1 aromatic carbocycles. The number of benzene rings is 1. The van der Waals surface area contributed by atoms with Gasteiger partial charge in [0.1, 0.15) is 0 Å². The van der Waals surface area contributed by atoms with E-state index in [0.29, 0.717) is 32.1 Å². The lowest BCUT2D eigenvalue weighted by Crippen LogP contribution is -2.63. The number of carbonyl (C=O) groups is 5. The second kappa shape index (κ2) is 15.9. The molecular weight excluding hydrogens is 698 g/mol. The topological polar surface area (TPSA) is 213 Å². The van der Waals surface area contributed by atoms with Gasteiger partial charge in [-0.05, 0) is 94.1 Å². The maximum absolute atomic E-state index is 14.2. The molecule has 4 aliphatic carbocycles. The van der Waals surface area contributed by atoms with Gasteiger partial charge in [0, 0.05) is 16.7 Å². The van der Waals surface area contributed by atoms with E-state index in [0.717, 1.165) is 5.57 Å². The van der Waals surface area contributed by atoms with Crippen molar-refractivity contribution in [3.8, 4) is 11.5 Å². The van der Waals surface area contributed by atoms with Crippen LogP contribution >= 0.6 is 0 Å². The Morgan fingerprint density at radius 3 is 2.49 bits per heavy atom. The number of unbranched alkanes of at least 4 members (excludes halogenated alkanes) is 1. The summed E-state index contributed by atoms with van der Waals surface area (Å²) in [6, 6.07) is 3.88. The maximum atomic E-state index is 14.2. The quantitative estimate of drug-likeness (QED) is 0.0654. The summed E-state index contributed by atoms with van der Waals surface area (Å²) in [5.74, 6) is -2.06. The van der Waals surface area contributed by atoms with Crippen LogP contribution in [0.1, 0.15) is 76.1 Å². The lowest BCUT2D eigenvalue weighted by Gasteiger charge is -2.59. The number of ketones is 2. The van der Waals surface area contributed by atoms with E-state index in [1.807, 2.05) is 19.9 Å². The van der Waals surface area contributed by atoms with Gasteiger partial charge in [0.2, 0.25) is 5.78 Å². The van der Waals surface area contributed by atoms with Gasteiger partial charge in [-0.3, -0.25) is 9.59 Å². The molecule has 53 heavy (non-hydrogen) atoms. The van der Waals surface area contributed by atoms with E-state index >= 15 is 0 Å². The van der Waals surface area contributed by atoms with Crippen molar-refractivity contribution in [2.24, 2.45) is 28.6 Å². The number of fused-ring (bicyclic) bond motifs is 5. The SMILES string of the molecule is CCOC(=O)O[C@]1(C(=O)COC(=O)Oc2ccc(C(=O)OCCCCO[N+](=O)[O-])cc2OC)CC[C@H]2[C@@H]3CCC4=CC(=O)C=C[C@]4(C)[C@H]3[C@@H](O)C[C@@]21C. The molecule has 0 heterocycles. The monoisotopic (exact) mass is 743 g/mol. The first-order chi connectivity index (χ1) is 25.2. The molecule has 16 nitrogen and oxygen atoms in total. The lowest BCUT2D eigenvalue weighted by molar-refractivity contribution is -0.757. The molecule has 16 heteroatoms. The van der Waals surface area contributed by atoms with E-state index in [2.05, 4.69) is 4.84 Å². The fourth-order valence-corrected chi connectivity index (χ4v) is 9.12. The minimum absolute atomic E-state index is 0.00229. The summed E-state index contributed by atoms with van der Waals surface area (Å²) in [5.41, 5.74) is -2.33. The highest BCUT2D eigenvalue weighted by Gasteiger charge is 2.70. The Morgan fingerprint density at radius 1 is 1.02 bits per heavy atom. The van der Waals surface area contributed by atoms with Gasteiger partial charge in [0.15, 0.2) is 29.5 Å². The summed E-state index contributed by atoms with van der Waals surface area (Å²) in [6.45, 7) is 4.50. The van der Waals surface area contributed by atoms with Crippen molar-refractivity contribution in [3.05, 3.63) is 57.7 Å². The smallest absolute Gasteiger partial charge is 0.493 e. The molecule has 1 aromatic rings. The molecule has 4 aliphatic rings. The number of methoxy groups -OCH3 is 1. The second-order valence-corrected chi connectivity index (χ2v) is 14.2. The molecule has 0 bridgehead atoms. The van der Waals surface area contributed by atoms with Crippen LogP contribution in [0.2, 0.25) is 0 Å². The van der Waals surface area contributed by atoms with Crippen LogP contribution in [0.25, 0.3) is 0 Å². The predicted octanol–water partition coefficient (Wildman–Crippen LogP) is 5.12. The number of aliphatic hydroxyl groups is 1. The van der Waals surface area contributed by atoms with Gasteiger partial charge in [-0.25, -0.2) is 14.4 Å². The fraction of sp³-hybridized carbons (Fsp3) is 0.595. The standard InChI is InChI=1S/C37H45NO15/c1-5-48-34(44)53-37(15-13-26-25-10-9-23-19-24(39)12-14-35(23,2)31(25)27(40)20-36(26,37)3)30(41)21-50-33(43)52-28-11-8-22(18-29(28)47-4)32(42)49-16-6-7-17-51-38(45)46/h8,11-12,14,18-19,25-27,31,40H,5-7,9-10,13,15-17,20-21H2,1-4H3/t25-,26-,27-,31+,35-,36-,37-/m0/s1. The van der Waals surface area contributed by atoms with Gasteiger partial charge in [0.05, 0.1) is 38.6 Å². The molecule has 7 atom stereocenters. The van der Waals surface area contributed by atoms with E-state index in [9.17, 15) is 39.2 Å². The summed E-state index contributed by atoms with van der Waals surface area (Å²) in [6.07, 6.45) is 4.54. The first-order valence-corrected chi connectivity index (χ1v) is 17.7. The van der Waals surface area contributed by atoms with Crippen LogP contribution in [0.4, 0.5) is 9.59 Å². The molecule has 0 saturated heterocycles. The number of carbonyl (C=O) groups excluding carboxylic acids is 5. The van der Waals surface area contributed by atoms with Gasteiger partial charge >= 0.3 is 18.3 Å². The van der Waals surface area contributed by atoms with Crippen LogP contribution in [0.5, 0.6) is 11.5 Å². The van der Waals surface area contributed by atoms with Crippen molar-refractivity contribution < 1.29 is 67.4 Å². The van der Waals surface area contributed by atoms with Crippen LogP contribution in [0.3, 0.4) is 0 Å². The van der Waals surface area contributed by atoms with Gasteiger partial charge in [-0.1, -0.05) is 25.5 Å². The zero-order valence-corrected chi connectivity index (χ0v) is 30.2. The van der Waals surface area contributed by atoms with E-state index in [4.69, 9.17) is 28.4 Å². The van der Waals surface area contributed by atoms with E-state index in [-0.39, 0.29) is 73.3 Å². The molecule has 0 aromatic heterocycles. The maximum Gasteiger partial charge on any atom is 0.514 e. The number of hydrogen-bond donors (Lipinski definition) is 1. The number of ether oxygens (including phenoxy) is 6. The average Bonchev–Trinajstić information content (AvgIpc) is 3.40. The van der Waals surface area contributed by atoms with Crippen molar-refractivity contribution in [1.82, 2.24) is 0 Å². The van der Waals surface area contributed by atoms with Gasteiger partial charge in [-0.2, -0.15) is 0 Å². The summed E-state index contributed by atoms with van der Waals surface area (Å²) in [7, 11) is 1.28. The van der Waals surface area contributed by atoms with Crippen LogP contribution in [0.15, 0.2) is 42.0 Å². The summed E-state index contributed by atoms with van der Waals surface area (Å²) in [5, 5.41) is 21.1. The van der Waals surface area contributed by atoms with Crippen molar-refractivity contribution in [2.45, 2.75) is 77.4 Å². The Labute approximate surface area is 305 Å². The van der Waals surface area contributed by atoms with Crippen LogP contribution in [-0.2, 0) is 33.4 Å². The largest absolute Gasteiger partial charge is 0.514 e. The van der Waals surface area contributed by atoms with Crippen LogP contribution < -0.4 is 9.47 Å². The molecule has 1 N–H and O–H groups in total. The lowest BCUT2D eigenvalue weighted by atomic mass is 9.46. The highest BCUT2D eigenvalue weighted by atomic mass is 16.9. The number of esters is 1. The first-order valence-electron chi connectivity index (χ1n) is 17.7. The van der Waals surface area contributed by atoms with Crippen molar-refractivity contribution in [1.29, 1.82) is 0 Å². The van der Waals surface area contributed by atoms with Gasteiger partial charge < -0.3 is 38.4 Å². The zero-order chi connectivity index (χ0) is 38.6.